The van der Waals surface area contributed by atoms with Gasteiger partial charge in [0.25, 0.3) is 0 Å². The van der Waals surface area contributed by atoms with E-state index >= 15 is 0 Å². The zero-order valence-electron chi connectivity index (χ0n) is 12.0. The van der Waals surface area contributed by atoms with Gasteiger partial charge in [-0.3, -0.25) is 4.98 Å². The first-order valence-corrected chi connectivity index (χ1v) is 8.67. The number of aryl methyl sites for hydroxylation is 1. The first-order chi connectivity index (χ1) is 9.04. The minimum absolute atomic E-state index is 0.128. The van der Waals surface area contributed by atoms with Crippen molar-refractivity contribution < 1.29 is 8.42 Å². The summed E-state index contributed by atoms with van der Waals surface area (Å²) in [5, 5.41) is 3.24. The highest BCUT2D eigenvalue weighted by Gasteiger charge is 2.15. The number of hydrogen-bond donors (Lipinski definition) is 1. The second-order valence-electron chi connectivity index (χ2n) is 4.62. The summed E-state index contributed by atoms with van der Waals surface area (Å²) in [6.45, 7) is 3.80. The van der Waals surface area contributed by atoms with Gasteiger partial charge in [-0.15, -0.1) is 0 Å². The lowest BCUT2D eigenvalue weighted by molar-refractivity contribution is 0.520. The fourth-order valence-corrected chi connectivity index (χ4v) is 3.03. The van der Waals surface area contributed by atoms with Crippen molar-refractivity contribution in [1.82, 2.24) is 10.3 Å². The van der Waals surface area contributed by atoms with Gasteiger partial charge in [-0.2, -0.15) is 0 Å². The van der Waals surface area contributed by atoms with Crippen molar-refractivity contribution in [2.45, 2.75) is 39.2 Å². The van der Waals surface area contributed by atoms with Gasteiger partial charge in [0.05, 0.1) is 11.4 Å². The molecule has 1 atom stereocenters. The van der Waals surface area contributed by atoms with Gasteiger partial charge in [0.2, 0.25) is 0 Å². The van der Waals surface area contributed by atoms with E-state index in [1.54, 1.807) is 13.1 Å². The average Bonchev–Trinajstić information content (AvgIpc) is 2.43. The molecular weight excluding hydrogens is 260 g/mol. The van der Waals surface area contributed by atoms with Crippen molar-refractivity contribution in [3.63, 3.8) is 0 Å². The second-order valence-corrected chi connectivity index (χ2v) is 7.09. The summed E-state index contributed by atoms with van der Waals surface area (Å²) < 4.78 is 23.0. The lowest BCUT2D eigenvalue weighted by Crippen LogP contribution is -2.20. The summed E-state index contributed by atoms with van der Waals surface area (Å²) in [4.78, 5) is 4.44. The Morgan fingerprint density at radius 1 is 1.37 bits per heavy atom. The molecule has 4 nitrogen and oxygen atoms in total. The minimum atomic E-state index is -2.87. The maximum absolute atomic E-state index is 11.5. The molecule has 0 aliphatic rings. The molecule has 1 aromatic rings. The van der Waals surface area contributed by atoms with Crippen molar-refractivity contribution in [2.24, 2.45) is 0 Å². The Kier molecular flexibility index (Phi) is 6.45. The van der Waals surface area contributed by atoms with Crippen LogP contribution in [0.3, 0.4) is 0 Å². The van der Waals surface area contributed by atoms with E-state index in [4.69, 9.17) is 0 Å². The SMILES string of the molecule is CCc1cccnc1C(CCCS(=O)(=O)CC)NC. The Morgan fingerprint density at radius 3 is 2.68 bits per heavy atom. The molecule has 1 heterocycles. The quantitative estimate of drug-likeness (QED) is 0.794. The van der Waals surface area contributed by atoms with Gasteiger partial charge >= 0.3 is 0 Å². The summed E-state index contributed by atoms with van der Waals surface area (Å²) in [5.74, 6) is 0.483. The standard InChI is InChI=1S/C14H24N2O2S/c1-4-12-8-6-10-16-14(12)13(15-3)9-7-11-19(17,18)5-2/h6,8,10,13,15H,4-5,7,9,11H2,1-3H3. The molecule has 19 heavy (non-hydrogen) atoms. The molecule has 0 saturated heterocycles. The molecular formula is C14H24N2O2S. The summed E-state index contributed by atoms with van der Waals surface area (Å²) >= 11 is 0. The highest BCUT2D eigenvalue weighted by Crippen LogP contribution is 2.20. The molecule has 1 aromatic heterocycles. The Morgan fingerprint density at radius 2 is 2.11 bits per heavy atom. The van der Waals surface area contributed by atoms with Crippen LogP contribution in [0.15, 0.2) is 18.3 Å². The zero-order valence-corrected chi connectivity index (χ0v) is 12.8. The van der Waals surface area contributed by atoms with Crippen LogP contribution in [0.5, 0.6) is 0 Å². The maximum atomic E-state index is 11.5. The molecule has 0 bridgehead atoms. The normalized spacial score (nSPS) is 13.4. The number of rotatable bonds is 8. The molecule has 0 fully saturated rings. The molecule has 1 N–H and O–H groups in total. The maximum Gasteiger partial charge on any atom is 0.150 e. The predicted molar refractivity (Wildman–Crippen MR) is 79.0 cm³/mol. The molecule has 0 spiro atoms. The third-order valence-corrected chi connectivity index (χ3v) is 5.16. The molecule has 5 heteroatoms. The van der Waals surface area contributed by atoms with Crippen LogP contribution in [0.25, 0.3) is 0 Å². The van der Waals surface area contributed by atoms with Crippen LogP contribution in [0.4, 0.5) is 0 Å². The summed E-state index contributed by atoms with van der Waals surface area (Å²) in [6.07, 6.45) is 4.19. The highest BCUT2D eigenvalue weighted by atomic mass is 32.2. The van der Waals surface area contributed by atoms with Gasteiger partial charge < -0.3 is 5.32 Å². The number of aromatic nitrogens is 1. The molecule has 0 aliphatic carbocycles. The first kappa shape index (κ1) is 16.1. The Balaban J connectivity index is 2.68. The van der Waals surface area contributed by atoms with Crippen LogP contribution >= 0.6 is 0 Å². The molecule has 108 valence electrons. The fraction of sp³-hybridized carbons (Fsp3) is 0.643. The van der Waals surface area contributed by atoms with Gasteiger partial charge in [-0.1, -0.05) is 19.9 Å². The van der Waals surface area contributed by atoms with Crippen LogP contribution in [-0.2, 0) is 16.3 Å². The fourth-order valence-electron chi connectivity index (χ4n) is 2.13. The zero-order chi connectivity index (χ0) is 14.3. The van der Waals surface area contributed by atoms with Crippen LogP contribution < -0.4 is 5.32 Å². The van der Waals surface area contributed by atoms with E-state index in [0.29, 0.717) is 6.42 Å². The largest absolute Gasteiger partial charge is 0.312 e. The number of pyridine rings is 1. The van der Waals surface area contributed by atoms with Crippen molar-refractivity contribution in [3.8, 4) is 0 Å². The number of nitrogens with one attached hydrogen (secondary N) is 1. The third-order valence-electron chi connectivity index (χ3n) is 3.37. The topological polar surface area (TPSA) is 59.1 Å². The minimum Gasteiger partial charge on any atom is -0.312 e. The summed E-state index contributed by atoms with van der Waals surface area (Å²) in [7, 11) is -0.974. The predicted octanol–water partition coefficient (Wildman–Crippen LogP) is 2.12. The lowest BCUT2D eigenvalue weighted by atomic mass is 10.0. The van der Waals surface area contributed by atoms with Crippen LogP contribution in [0, 0.1) is 0 Å². The van der Waals surface area contributed by atoms with E-state index < -0.39 is 9.84 Å². The van der Waals surface area contributed by atoms with Crippen molar-refractivity contribution in [2.75, 3.05) is 18.6 Å². The summed E-state index contributed by atoms with van der Waals surface area (Å²) in [6, 6.07) is 4.15. The van der Waals surface area contributed by atoms with E-state index in [2.05, 4.69) is 23.3 Å². The molecule has 0 aromatic carbocycles. The van der Waals surface area contributed by atoms with Gasteiger partial charge in [-0.05, 0) is 37.9 Å². The number of nitrogens with zero attached hydrogens (tertiary/aromatic N) is 1. The lowest BCUT2D eigenvalue weighted by Gasteiger charge is -2.18. The Hall–Kier alpha value is -0.940. The van der Waals surface area contributed by atoms with Crippen LogP contribution in [0.1, 0.15) is 44.0 Å². The number of sulfone groups is 1. The van der Waals surface area contributed by atoms with Gasteiger partial charge in [0.1, 0.15) is 9.84 Å². The average molecular weight is 284 g/mol. The third kappa shape index (κ3) is 4.91. The van der Waals surface area contributed by atoms with Crippen LogP contribution in [0.2, 0.25) is 0 Å². The van der Waals surface area contributed by atoms with Crippen LogP contribution in [-0.4, -0.2) is 32.0 Å². The van der Waals surface area contributed by atoms with Gasteiger partial charge in [0.15, 0.2) is 0 Å². The first-order valence-electron chi connectivity index (χ1n) is 6.85. The van der Waals surface area contributed by atoms with E-state index in [1.165, 1.54) is 5.56 Å². The molecule has 0 saturated carbocycles. The second kappa shape index (κ2) is 7.60. The van der Waals surface area contributed by atoms with E-state index in [0.717, 1.165) is 18.5 Å². The Bertz CT molecular complexity index is 486. The molecule has 1 unspecified atom stereocenters. The highest BCUT2D eigenvalue weighted by molar-refractivity contribution is 7.91. The molecule has 0 aliphatic heterocycles. The molecule has 0 radical (unpaired) electrons. The van der Waals surface area contributed by atoms with Crippen molar-refractivity contribution in [3.05, 3.63) is 29.6 Å². The Labute approximate surface area is 116 Å². The smallest absolute Gasteiger partial charge is 0.150 e. The number of hydrogen-bond acceptors (Lipinski definition) is 4. The molecule has 1 rings (SSSR count). The van der Waals surface area contributed by atoms with Gasteiger partial charge in [-0.25, -0.2) is 8.42 Å². The van der Waals surface area contributed by atoms with Crippen molar-refractivity contribution >= 4 is 9.84 Å². The van der Waals surface area contributed by atoms with E-state index in [9.17, 15) is 8.42 Å². The van der Waals surface area contributed by atoms with E-state index in [1.807, 2.05) is 13.1 Å². The molecule has 0 amide bonds. The van der Waals surface area contributed by atoms with E-state index in [-0.39, 0.29) is 17.5 Å². The monoisotopic (exact) mass is 284 g/mol. The van der Waals surface area contributed by atoms with Crippen molar-refractivity contribution in [1.29, 1.82) is 0 Å². The summed E-state index contributed by atoms with van der Waals surface area (Å²) in [5.41, 5.74) is 2.27. The van der Waals surface area contributed by atoms with Gasteiger partial charge in [0, 0.05) is 18.0 Å².